The maximum atomic E-state index is 13.3. The molecule has 2 heterocycles. The fraction of sp³-hybridized carbons (Fsp3) is 0.345. The molecular formula is C29H28F3N3O3. The van der Waals surface area contributed by atoms with Crippen LogP contribution in [-0.2, 0) is 21.1 Å². The number of nitrogens with zero attached hydrogens (tertiary/aromatic N) is 3. The van der Waals surface area contributed by atoms with E-state index in [1.807, 2.05) is 54.3 Å². The maximum Gasteiger partial charge on any atom is 0.416 e. The Balaban J connectivity index is 1.62. The van der Waals surface area contributed by atoms with Crippen LogP contribution in [0.3, 0.4) is 0 Å². The quantitative estimate of drug-likeness (QED) is 0.347. The Morgan fingerprint density at radius 2 is 1.82 bits per heavy atom. The Labute approximate surface area is 219 Å². The number of alkyl halides is 3. The van der Waals surface area contributed by atoms with Crippen molar-refractivity contribution in [3.63, 3.8) is 0 Å². The number of ether oxygens (including phenoxy) is 2. The Morgan fingerprint density at radius 3 is 2.42 bits per heavy atom. The Kier molecular flexibility index (Phi) is 7.91. The van der Waals surface area contributed by atoms with E-state index >= 15 is 0 Å². The van der Waals surface area contributed by atoms with E-state index in [1.54, 1.807) is 13.1 Å². The van der Waals surface area contributed by atoms with Crippen LogP contribution >= 0.6 is 0 Å². The van der Waals surface area contributed by atoms with Crippen molar-refractivity contribution in [3.05, 3.63) is 77.5 Å². The lowest BCUT2D eigenvalue weighted by Crippen LogP contribution is -2.48. The number of hydrogen-bond acceptors (Lipinski definition) is 6. The number of hydrogen-bond donors (Lipinski definition) is 0. The van der Waals surface area contributed by atoms with Gasteiger partial charge in [0, 0.05) is 24.8 Å². The summed E-state index contributed by atoms with van der Waals surface area (Å²) in [6, 6.07) is 16.4. The minimum absolute atomic E-state index is 0.0533. The first-order valence-corrected chi connectivity index (χ1v) is 12.5. The van der Waals surface area contributed by atoms with Gasteiger partial charge in [-0.3, -0.25) is 9.78 Å². The number of aromatic nitrogens is 1. The highest BCUT2D eigenvalue weighted by atomic mass is 19.4. The summed E-state index contributed by atoms with van der Waals surface area (Å²) in [6.45, 7) is 5.10. The molecule has 1 aliphatic heterocycles. The van der Waals surface area contributed by atoms with Crippen molar-refractivity contribution < 1.29 is 27.4 Å². The number of halogens is 3. The van der Waals surface area contributed by atoms with Crippen LogP contribution in [0.1, 0.15) is 43.4 Å². The third-order valence-electron chi connectivity index (χ3n) is 6.85. The largest absolute Gasteiger partial charge is 0.493 e. The Hall–Kier alpha value is -4.06. The Morgan fingerprint density at radius 1 is 1.08 bits per heavy atom. The number of carbonyl (C=O) groups excluding carboxylic acids is 1. The van der Waals surface area contributed by atoms with Gasteiger partial charge in [0.05, 0.1) is 41.1 Å². The number of nitriles is 1. The zero-order chi connectivity index (χ0) is 27.3. The molecule has 1 fully saturated rings. The van der Waals surface area contributed by atoms with Gasteiger partial charge in [-0.25, -0.2) is 0 Å². The fourth-order valence-electron chi connectivity index (χ4n) is 4.88. The lowest BCUT2D eigenvalue weighted by Gasteiger charge is -2.41. The molecule has 0 spiro atoms. The second-order valence-electron chi connectivity index (χ2n) is 8.99. The monoisotopic (exact) mass is 523 g/mol. The standard InChI is InChI=1S/C29H28F3N3O3/c1-3-37-26-8-6-5-7-23(26)24-11-9-22(19-34-24)28(27(36)38-4-2)13-15-35(16-14-28)25-12-10-21(29(30,31)32)17-20(25)18-33/h5-12,17,19H,3-4,13-16H2,1-2H3. The molecule has 4 rings (SSSR count). The zero-order valence-electron chi connectivity index (χ0n) is 21.2. The van der Waals surface area contributed by atoms with Crippen LogP contribution in [0.5, 0.6) is 5.75 Å². The molecule has 9 heteroatoms. The summed E-state index contributed by atoms with van der Waals surface area (Å²) in [5.74, 6) is 0.352. The third-order valence-corrected chi connectivity index (χ3v) is 6.85. The molecule has 0 unspecified atom stereocenters. The molecular weight excluding hydrogens is 495 g/mol. The van der Waals surface area contributed by atoms with Gasteiger partial charge in [-0.1, -0.05) is 18.2 Å². The smallest absolute Gasteiger partial charge is 0.416 e. The lowest BCUT2D eigenvalue weighted by molar-refractivity contribution is -0.151. The van der Waals surface area contributed by atoms with E-state index in [2.05, 4.69) is 4.98 Å². The van der Waals surface area contributed by atoms with Gasteiger partial charge in [-0.15, -0.1) is 0 Å². The van der Waals surface area contributed by atoms with Crippen molar-refractivity contribution in [2.75, 3.05) is 31.2 Å². The molecule has 198 valence electrons. The van der Waals surface area contributed by atoms with Crippen LogP contribution in [0.15, 0.2) is 60.8 Å². The molecule has 38 heavy (non-hydrogen) atoms. The molecule has 2 aromatic carbocycles. The number of rotatable bonds is 7. The summed E-state index contributed by atoms with van der Waals surface area (Å²) >= 11 is 0. The second kappa shape index (κ2) is 11.1. The summed E-state index contributed by atoms with van der Waals surface area (Å²) in [5.41, 5.74) is 0.788. The SMILES string of the molecule is CCOC(=O)C1(c2ccc(-c3ccccc3OCC)nc2)CCN(c2ccc(C(F)(F)F)cc2C#N)CC1. The number of piperidine rings is 1. The number of esters is 1. The van der Waals surface area contributed by atoms with Gasteiger partial charge < -0.3 is 14.4 Å². The van der Waals surface area contributed by atoms with Gasteiger partial charge in [0.25, 0.3) is 0 Å². The first-order valence-electron chi connectivity index (χ1n) is 12.5. The first kappa shape index (κ1) is 27.0. The number of carbonyl (C=O) groups is 1. The van der Waals surface area contributed by atoms with Gasteiger partial charge in [0.15, 0.2) is 0 Å². The molecule has 0 bridgehead atoms. The van der Waals surface area contributed by atoms with E-state index in [4.69, 9.17) is 9.47 Å². The molecule has 0 radical (unpaired) electrons. The number of anilines is 1. The van der Waals surface area contributed by atoms with Gasteiger partial charge in [-0.2, -0.15) is 18.4 Å². The van der Waals surface area contributed by atoms with E-state index < -0.39 is 17.2 Å². The number of benzene rings is 2. The van der Waals surface area contributed by atoms with E-state index in [9.17, 15) is 23.2 Å². The summed E-state index contributed by atoms with van der Waals surface area (Å²) < 4.78 is 50.6. The van der Waals surface area contributed by atoms with Crippen LogP contribution in [-0.4, -0.2) is 37.3 Å². The van der Waals surface area contributed by atoms with Crippen molar-refractivity contribution in [1.82, 2.24) is 4.98 Å². The highest BCUT2D eigenvalue weighted by molar-refractivity contribution is 5.84. The van der Waals surface area contributed by atoms with Crippen LogP contribution in [0.2, 0.25) is 0 Å². The molecule has 1 aromatic heterocycles. The normalized spacial score (nSPS) is 15.0. The van der Waals surface area contributed by atoms with E-state index in [-0.39, 0.29) is 18.1 Å². The van der Waals surface area contributed by atoms with Crippen LogP contribution in [0, 0.1) is 11.3 Å². The third kappa shape index (κ3) is 5.30. The average molecular weight is 524 g/mol. The molecule has 1 aliphatic rings. The Bertz CT molecular complexity index is 1330. The molecule has 0 N–H and O–H groups in total. The molecule has 3 aromatic rings. The molecule has 0 atom stereocenters. The topological polar surface area (TPSA) is 75.5 Å². The van der Waals surface area contributed by atoms with Gasteiger partial charge in [0.1, 0.15) is 11.8 Å². The van der Waals surface area contributed by atoms with Gasteiger partial charge in [0.2, 0.25) is 0 Å². The lowest BCUT2D eigenvalue weighted by atomic mass is 9.73. The summed E-state index contributed by atoms with van der Waals surface area (Å²) in [7, 11) is 0. The molecule has 0 aliphatic carbocycles. The average Bonchev–Trinajstić information content (AvgIpc) is 2.93. The highest BCUT2D eigenvalue weighted by Gasteiger charge is 2.45. The highest BCUT2D eigenvalue weighted by Crippen LogP contribution is 2.40. The van der Waals surface area contributed by atoms with Crippen molar-refractivity contribution in [2.45, 2.75) is 38.3 Å². The number of pyridine rings is 1. The molecule has 0 saturated carbocycles. The fourth-order valence-corrected chi connectivity index (χ4v) is 4.88. The molecule has 6 nitrogen and oxygen atoms in total. The zero-order valence-corrected chi connectivity index (χ0v) is 21.2. The predicted octanol–water partition coefficient (Wildman–Crippen LogP) is 6.14. The van der Waals surface area contributed by atoms with Crippen LogP contribution in [0.25, 0.3) is 11.3 Å². The van der Waals surface area contributed by atoms with Gasteiger partial charge >= 0.3 is 12.1 Å². The van der Waals surface area contributed by atoms with E-state index in [0.717, 1.165) is 17.7 Å². The van der Waals surface area contributed by atoms with Crippen molar-refractivity contribution in [1.29, 1.82) is 5.26 Å². The van der Waals surface area contributed by atoms with Crippen molar-refractivity contribution >= 4 is 11.7 Å². The molecule has 0 amide bonds. The summed E-state index contributed by atoms with van der Waals surface area (Å²) in [5, 5.41) is 9.52. The second-order valence-corrected chi connectivity index (χ2v) is 8.99. The van der Waals surface area contributed by atoms with Crippen LogP contribution < -0.4 is 9.64 Å². The maximum absolute atomic E-state index is 13.3. The first-order chi connectivity index (χ1) is 18.2. The van der Waals surface area contributed by atoms with Crippen LogP contribution in [0.4, 0.5) is 18.9 Å². The van der Waals surface area contributed by atoms with E-state index in [1.165, 1.54) is 6.07 Å². The van der Waals surface area contributed by atoms with Crippen molar-refractivity contribution in [2.24, 2.45) is 0 Å². The minimum Gasteiger partial charge on any atom is -0.493 e. The van der Waals surface area contributed by atoms with Gasteiger partial charge in [-0.05, 0) is 68.7 Å². The predicted molar refractivity (Wildman–Crippen MR) is 137 cm³/mol. The molecule has 1 saturated heterocycles. The summed E-state index contributed by atoms with van der Waals surface area (Å²) in [4.78, 5) is 19.8. The minimum atomic E-state index is -4.53. The summed E-state index contributed by atoms with van der Waals surface area (Å²) in [6.07, 6.45) is -2.14. The number of para-hydroxylation sites is 1. The van der Waals surface area contributed by atoms with Crippen molar-refractivity contribution in [3.8, 4) is 23.1 Å². The van der Waals surface area contributed by atoms with E-state index in [0.29, 0.717) is 55.2 Å².